The zero-order chi connectivity index (χ0) is 19.7. The molecular weight excluding hydrogens is 368 g/mol. The summed E-state index contributed by atoms with van der Waals surface area (Å²) >= 11 is 0. The molecule has 27 heavy (non-hydrogen) atoms. The van der Waals surface area contributed by atoms with E-state index >= 15 is 0 Å². The summed E-state index contributed by atoms with van der Waals surface area (Å²) in [4.78, 5) is 14.4. The van der Waals surface area contributed by atoms with Gasteiger partial charge in [-0.3, -0.25) is 4.79 Å². The molecule has 2 fully saturated rings. The first-order valence-electron chi connectivity index (χ1n) is 9.15. The van der Waals surface area contributed by atoms with E-state index in [-0.39, 0.29) is 23.8 Å². The molecule has 2 aliphatic heterocycles. The Balaban J connectivity index is 1.64. The number of hydrogen-bond acceptors (Lipinski definition) is 5. The number of carbonyl (C=O) groups excluding carboxylic acids is 1. The molecule has 0 spiro atoms. The van der Waals surface area contributed by atoms with Crippen LogP contribution in [0.2, 0.25) is 0 Å². The number of methoxy groups -OCH3 is 1. The fourth-order valence-electron chi connectivity index (χ4n) is 4.18. The molecule has 0 N–H and O–H groups in total. The van der Waals surface area contributed by atoms with Crippen molar-refractivity contribution < 1.29 is 22.7 Å². The van der Waals surface area contributed by atoms with Gasteiger partial charge in [-0.05, 0) is 37.0 Å². The average molecular weight is 397 g/mol. The maximum atomic E-state index is 12.6. The number of carbonyl (C=O) groups is 1. The number of sulfonamides is 1. The van der Waals surface area contributed by atoms with Crippen LogP contribution in [0.25, 0.3) is 0 Å². The highest BCUT2D eigenvalue weighted by atomic mass is 32.2. The zero-order valence-electron chi connectivity index (χ0n) is 16.2. The van der Waals surface area contributed by atoms with E-state index in [9.17, 15) is 13.2 Å². The van der Waals surface area contributed by atoms with Crippen molar-refractivity contribution >= 4 is 15.9 Å². The van der Waals surface area contributed by atoms with Crippen LogP contribution < -0.4 is 4.74 Å². The number of fused-ring (bicyclic) bond motifs is 1. The Morgan fingerprint density at radius 3 is 2.78 bits per heavy atom. The summed E-state index contributed by atoms with van der Waals surface area (Å²) in [7, 11) is -1.61. The molecule has 2 atom stereocenters. The van der Waals surface area contributed by atoms with Gasteiger partial charge in [0.1, 0.15) is 5.75 Å². The van der Waals surface area contributed by atoms with E-state index in [1.807, 2.05) is 31.2 Å². The van der Waals surface area contributed by atoms with Gasteiger partial charge in [0.25, 0.3) is 5.91 Å². The minimum absolute atomic E-state index is 0.0107. The Labute approximate surface area is 161 Å². The Bertz CT molecular complexity index is 797. The minimum atomic E-state index is -3.26. The number of ether oxygens (including phenoxy) is 2. The highest BCUT2D eigenvalue weighted by Crippen LogP contribution is 2.43. The van der Waals surface area contributed by atoms with Crippen LogP contribution in [-0.2, 0) is 19.6 Å². The number of piperidine rings is 1. The van der Waals surface area contributed by atoms with Crippen LogP contribution in [0.1, 0.15) is 12.0 Å². The molecule has 1 amide bonds. The lowest BCUT2D eigenvalue weighted by Gasteiger charge is -2.43. The second-order valence-electron chi connectivity index (χ2n) is 7.74. The van der Waals surface area contributed by atoms with Gasteiger partial charge in [-0.2, -0.15) is 0 Å². The summed E-state index contributed by atoms with van der Waals surface area (Å²) in [6.45, 7) is 4.49. The predicted octanol–water partition coefficient (Wildman–Crippen LogP) is 1.13. The van der Waals surface area contributed by atoms with E-state index in [0.29, 0.717) is 38.5 Å². The summed E-state index contributed by atoms with van der Waals surface area (Å²) < 4.78 is 36.6. The van der Waals surface area contributed by atoms with E-state index in [1.54, 1.807) is 12.0 Å². The van der Waals surface area contributed by atoms with Gasteiger partial charge in [-0.15, -0.1) is 0 Å². The molecule has 0 radical (unpaired) electrons. The van der Waals surface area contributed by atoms with Crippen LogP contribution >= 0.6 is 0 Å². The van der Waals surface area contributed by atoms with Gasteiger partial charge in [-0.25, -0.2) is 12.7 Å². The molecule has 1 aromatic rings. The Kier molecular flexibility index (Phi) is 5.79. The van der Waals surface area contributed by atoms with Crippen LogP contribution in [0.5, 0.6) is 5.75 Å². The lowest BCUT2D eigenvalue weighted by atomic mass is 9.73. The molecule has 0 bridgehead atoms. The smallest absolute Gasteiger partial charge is 0.260 e. The van der Waals surface area contributed by atoms with Crippen molar-refractivity contribution in [2.75, 3.05) is 52.8 Å². The van der Waals surface area contributed by atoms with Gasteiger partial charge in [0, 0.05) is 38.7 Å². The average Bonchev–Trinajstić information content (AvgIpc) is 2.99. The maximum absolute atomic E-state index is 12.6. The topological polar surface area (TPSA) is 76.2 Å². The van der Waals surface area contributed by atoms with Crippen molar-refractivity contribution in [2.24, 2.45) is 11.3 Å². The highest BCUT2D eigenvalue weighted by Gasteiger charge is 2.52. The standard InChI is InChI=1S/C19H28N2O5S/c1-15-5-4-6-17(9-15)26-12-18(22)20-8-7-19(14-25-2)13-21(27(3,23)24)11-16(19)10-20/h4-6,9,16H,7-8,10-14H2,1-3H3. The SMILES string of the molecule is COCC12CCN(C(=O)COc3cccc(C)c3)CC1CN(S(C)(=O)=O)C2. The van der Waals surface area contributed by atoms with Crippen LogP contribution in [0.3, 0.4) is 0 Å². The lowest BCUT2D eigenvalue weighted by molar-refractivity contribution is -0.137. The van der Waals surface area contributed by atoms with Crippen molar-refractivity contribution in [1.82, 2.24) is 9.21 Å². The van der Waals surface area contributed by atoms with E-state index in [2.05, 4.69) is 0 Å². The number of benzene rings is 1. The molecule has 2 unspecified atom stereocenters. The monoisotopic (exact) mass is 396 g/mol. The first kappa shape index (κ1) is 20.1. The summed E-state index contributed by atoms with van der Waals surface area (Å²) in [5, 5.41) is 0. The Morgan fingerprint density at radius 2 is 2.11 bits per heavy atom. The fourth-order valence-corrected chi connectivity index (χ4v) is 5.12. The molecule has 150 valence electrons. The van der Waals surface area contributed by atoms with E-state index in [4.69, 9.17) is 9.47 Å². The molecule has 8 heteroatoms. The summed E-state index contributed by atoms with van der Waals surface area (Å²) in [5.41, 5.74) is 0.862. The summed E-state index contributed by atoms with van der Waals surface area (Å²) in [6.07, 6.45) is 1.97. The molecule has 2 saturated heterocycles. The van der Waals surface area contributed by atoms with Gasteiger partial charge in [-0.1, -0.05) is 12.1 Å². The first-order chi connectivity index (χ1) is 12.7. The van der Waals surface area contributed by atoms with Crippen LogP contribution in [-0.4, -0.2) is 76.3 Å². The largest absolute Gasteiger partial charge is 0.484 e. The van der Waals surface area contributed by atoms with Gasteiger partial charge < -0.3 is 14.4 Å². The second kappa shape index (κ2) is 7.77. The lowest BCUT2D eigenvalue weighted by Crippen LogP contribution is -2.51. The molecule has 1 aromatic carbocycles. The van der Waals surface area contributed by atoms with Crippen molar-refractivity contribution in [3.8, 4) is 5.75 Å². The minimum Gasteiger partial charge on any atom is -0.484 e. The zero-order valence-corrected chi connectivity index (χ0v) is 17.0. The van der Waals surface area contributed by atoms with Crippen molar-refractivity contribution in [3.63, 3.8) is 0 Å². The quantitative estimate of drug-likeness (QED) is 0.721. The third-order valence-electron chi connectivity index (χ3n) is 5.71. The number of aryl methyl sites for hydroxylation is 1. The molecule has 7 nitrogen and oxygen atoms in total. The summed E-state index contributed by atoms with van der Waals surface area (Å²) in [6, 6.07) is 7.60. The molecule has 0 saturated carbocycles. The highest BCUT2D eigenvalue weighted by molar-refractivity contribution is 7.88. The molecular formula is C19H28N2O5S. The fraction of sp³-hybridized carbons (Fsp3) is 0.632. The van der Waals surface area contributed by atoms with Crippen LogP contribution in [0.15, 0.2) is 24.3 Å². The van der Waals surface area contributed by atoms with Crippen LogP contribution in [0.4, 0.5) is 0 Å². The Morgan fingerprint density at radius 1 is 1.33 bits per heavy atom. The van der Waals surface area contributed by atoms with Crippen molar-refractivity contribution in [2.45, 2.75) is 13.3 Å². The number of rotatable bonds is 6. The predicted molar refractivity (Wildman–Crippen MR) is 102 cm³/mol. The van der Waals surface area contributed by atoms with Gasteiger partial charge >= 0.3 is 0 Å². The summed E-state index contributed by atoms with van der Waals surface area (Å²) in [5.74, 6) is 0.683. The third-order valence-corrected chi connectivity index (χ3v) is 6.92. The Hall–Kier alpha value is -1.64. The van der Waals surface area contributed by atoms with Gasteiger partial charge in [0.15, 0.2) is 6.61 Å². The second-order valence-corrected chi connectivity index (χ2v) is 9.73. The van der Waals surface area contributed by atoms with Gasteiger partial charge in [0.05, 0.1) is 12.9 Å². The first-order valence-corrected chi connectivity index (χ1v) is 11.0. The molecule has 2 heterocycles. The molecule has 0 aliphatic carbocycles. The number of amides is 1. The van der Waals surface area contributed by atoms with Crippen molar-refractivity contribution in [3.05, 3.63) is 29.8 Å². The van der Waals surface area contributed by atoms with Crippen LogP contribution in [0, 0.1) is 18.3 Å². The van der Waals surface area contributed by atoms with E-state index in [1.165, 1.54) is 10.6 Å². The number of nitrogens with zero attached hydrogens (tertiary/aromatic N) is 2. The number of likely N-dealkylation sites (tertiary alicyclic amines) is 1. The van der Waals surface area contributed by atoms with Gasteiger partial charge in [0.2, 0.25) is 10.0 Å². The normalized spacial score (nSPS) is 26.0. The third kappa shape index (κ3) is 4.44. The van der Waals surface area contributed by atoms with Crippen molar-refractivity contribution in [1.29, 1.82) is 0 Å². The van der Waals surface area contributed by atoms with E-state index in [0.717, 1.165) is 12.0 Å². The van der Waals surface area contributed by atoms with E-state index < -0.39 is 10.0 Å². The molecule has 0 aromatic heterocycles. The maximum Gasteiger partial charge on any atom is 0.260 e. The molecule has 3 rings (SSSR count). The number of hydrogen-bond donors (Lipinski definition) is 0. The molecule has 2 aliphatic rings.